The van der Waals surface area contributed by atoms with Gasteiger partial charge in [-0.3, -0.25) is 9.59 Å². The molecule has 7 heteroatoms. The molecule has 0 aliphatic rings. The Kier molecular flexibility index (Phi) is 6.24. The predicted octanol–water partition coefficient (Wildman–Crippen LogP) is 1.70. The Morgan fingerprint density at radius 1 is 1.08 bits per heavy atom. The van der Waals surface area contributed by atoms with Crippen molar-refractivity contribution in [2.75, 3.05) is 18.4 Å². The minimum absolute atomic E-state index is 0.143. The SMILES string of the molecule is Cc1cc(C)nc(Nc2ccc(C(=O)NCCCNC=O)cc2)n1. The number of rotatable bonds is 8. The van der Waals surface area contributed by atoms with E-state index in [2.05, 4.69) is 25.9 Å². The van der Waals surface area contributed by atoms with E-state index in [-0.39, 0.29) is 5.91 Å². The van der Waals surface area contributed by atoms with E-state index in [0.29, 0.717) is 37.4 Å². The highest BCUT2D eigenvalue weighted by atomic mass is 16.1. The molecule has 2 amide bonds. The Hall–Kier alpha value is -2.96. The molecule has 0 spiro atoms. The van der Waals surface area contributed by atoms with Gasteiger partial charge >= 0.3 is 0 Å². The van der Waals surface area contributed by atoms with Crippen LogP contribution in [0.2, 0.25) is 0 Å². The van der Waals surface area contributed by atoms with Crippen LogP contribution < -0.4 is 16.0 Å². The molecular formula is C17H21N5O2. The summed E-state index contributed by atoms with van der Waals surface area (Å²) in [6, 6.07) is 9.00. The molecule has 1 aromatic heterocycles. The molecule has 0 unspecified atom stereocenters. The summed E-state index contributed by atoms with van der Waals surface area (Å²) in [5, 5.41) is 8.47. The van der Waals surface area contributed by atoms with E-state index in [1.165, 1.54) is 0 Å². The molecule has 0 radical (unpaired) electrons. The number of aryl methyl sites for hydroxylation is 2. The second-order valence-electron chi connectivity index (χ2n) is 5.36. The molecule has 0 aliphatic carbocycles. The highest BCUT2D eigenvalue weighted by Gasteiger charge is 2.05. The molecule has 0 aliphatic heterocycles. The van der Waals surface area contributed by atoms with Crippen molar-refractivity contribution < 1.29 is 9.59 Å². The Labute approximate surface area is 140 Å². The third kappa shape index (κ3) is 5.35. The molecule has 0 bridgehead atoms. The molecule has 2 rings (SSSR count). The lowest BCUT2D eigenvalue weighted by molar-refractivity contribution is -0.109. The van der Waals surface area contributed by atoms with Crippen LogP contribution in [0.25, 0.3) is 0 Å². The van der Waals surface area contributed by atoms with Crippen molar-refractivity contribution in [2.24, 2.45) is 0 Å². The predicted molar refractivity (Wildman–Crippen MR) is 92.2 cm³/mol. The number of benzene rings is 1. The molecule has 1 heterocycles. The van der Waals surface area contributed by atoms with E-state index in [0.717, 1.165) is 17.1 Å². The lowest BCUT2D eigenvalue weighted by atomic mass is 10.2. The number of anilines is 2. The van der Waals surface area contributed by atoms with E-state index in [1.54, 1.807) is 12.1 Å². The number of hydrogen-bond acceptors (Lipinski definition) is 5. The molecule has 0 fully saturated rings. The normalized spacial score (nSPS) is 10.1. The fourth-order valence-corrected chi connectivity index (χ4v) is 2.17. The summed E-state index contributed by atoms with van der Waals surface area (Å²) in [4.78, 5) is 30.7. The van der Waals surface area contributed by atoms with Crippen LogP contribution in [-0.2, 0) is 4.79 Å². The lowest BCUT2D eigenvalue weighted by Gasteiger charge is -2.08. The monoisotopic (exact) mass is 327 g/mol. The number of carbonyl (C=O) groups excluding carboxylic acids is 2. The summed E-state index contributed by atoms with van der Waals surface area (Å²) in [5.41, 5.74) is 3.17. The first kappa shape index (κ1) is 17.4. The zero-order chi connectivity index (χ0) is 17.4. The molecule has 0 saturated heterocycles. The largest absolute Gasteiger partial charge is 0.359 e. The van der Waals surface area contributed by atoms with Gasteiger partial charge in [-0.15, -0.1) is 0 Å². The van der Waals surface area contributed by atoms with Crippen LogP contribution in [0.4, 0.5) is 11.6 Å². The van der Waals surface area contributed by atoms with Crippen LogP contribution >= 0.6 is 0 Å². The summed E-state index contributed by atoms with van der Waals surface area (Å²) in [7, 11) is 0. The van der Waals surface area contributed by atoms with Gasteiger partial charge in [0.2, 0.25) is 12.4 Å². The van der Waals surface area contributed by atoms with Crippen LogP contribution in [0.1, 0.15) is 28.2 Å². The Morgan fingerprint density at radius 3 is 2.38 bits per heavy atom. The van der Waals surface area contributed by atoms with Gasteiger partial charge in [0.15, 0.2) is 0 Å². The minimum Gasteiger partial charge on any atom is -0.359 e. The smallest absolute Gasteiger partial charge is 0.251 e. The summed E-state index contributed by atoms with van der Waals surface area (Å²) in [5.74, 6) is 0.391. The van der Waals surface area contributed by atoms with Crippen molar-refractivity contribution >= 4 is 24.0 Å². The van der Waals surface area contributed by atoms with Crippen molar-refractivity contribution in [1.82, 2.24) is 20.6 Å². The molecule has 3 N–H and O–H groups in total. The molecule has 1 aromatic carbocycles. The van der Waals surface area contributed by atoms with Crippen LogP contribution in [-0.4, -0.2) is 35.4 Å². The molecule has 126 valence electrons. The number of nitrogens with one attached hydrogen (secondary N) is 3. The third-order valence-corrected chi connectivity index (χ3v) is 3.25. The maximum atomic E-state index is 12.0. The Morgan fingerprint density at radius 2 is 1.75 bits per heavy atom. The fourth-order valence-electron chi connectivity index (χ4n) is 2.17. The Bertz CT molecular complexity index is 680. The minimum atomic E-state index is -0.143. The first-order valence-electron chi connectivity index (χ1n) is 7.73. The molecule has 0 saturated carbocycles. The van der Waals surface area contributed by atoms with Gasteiger partial charge in [-0.05, 0) is 50.6 Å². The number of aromatic nitrogens is 2. The van der Waals surface area contributed by atoms with Crippen LogP contribution in [0.15, 0.2) is 30.3 Å². The van der Waals surface area contributed by atoms with Gasteiger partial charge in [0.1, 0.15) is 0 Å². The van der Waals surface area contributed by atoms with Crippen molar-refractivity contribution in [3.05, 3.63) is 47.3 Å². The molecule has 24 heavy (non-hydrogen) atoms. The summed E-state index contributed by atoms with van der Waals surface area (Å²) in [6.07, 6.45) is 1.33. The molecule has 7 nitrogen and oxygen atoms in total. The van der Waals surface area contributed by atoms with Crippen LogP contribution in [0.5, 0.6) is 0 Å². The number of hydrogen-bond donors (Lipinski definition) is 3. The van der Waals surface area contributed by atoms with E-state index >= 15 is 0 Å². The van der Waals surface area contributed by atoms with Gasteiger partial charge < -0.3 is 16.0 Å². The topological polar surface area (TPSA) is 96.0 Å². The van der Waals surface area contributed by atoms with E-state index < -0.39 is 0 Å². The molecule has 0 atom stereocenters. The van der Waals surface area contributed by atoms with Crippen LogP contribution in [0, 0.1) is 13.8 Å². The highest BCUT2D eigenvalue weighted by molar-refractivity contribution is 5.94. The molecule has 2 aromatic rings. The number of amides is 2. The van der Waals surface area contributed by atoms with E-state index in [4.69, 9.17) is 0 Å². The van der Waals surface area contributed by atoms with Gasteiger partial charge in [0.05, 0.1) is 0 Å². The standard InChI is InChI=1S/C17H21N5O2/c1-12-10-13(2)21-17(20-12)22-15-6-4-14(5-7-15)16(24)19-9-3-8-18-11-23/h4-7,10-11H,3,8-9H2,1-2H3,(H,18,23)(H,19,24)(H,20,21,22). The zero-order valence-corrected chi connectivity index (χ0v) is 13.8. The summed E-state index contributed by atoms with van der Waals surface area (Å²) >= 11 is 0. The quantitative estimate of drug-likeness (QED) is 0.507. The first-order valence-corrected chi connectivity index (χ1v) is 7.73. The fraction of sp³-hybridized carbons (Fsp3) is 0.294. The van der Waals surface area contributed by atoms with Crippen molar-refractivity contribution in [3.63, 3.8) is 0 Å². The summed E-state index contributed by atoms with van der Waals surface area (Å²) in [6.45, 7) is 4.88. The van der Waals surface area contributed by atoms with E-state index in [1.807, 2.05) is 32.0 Å². The average molecular weight is 327 g/mol. The van der Waals surface area contributed by atoms with Crippen molar-refractivity contribution in [1.29, 1.82) is 0 Å². The van der Waals surface area contributed by atoms with Gasteiger partial charge in [-0.1, -0.05) is 0 Å². The third-order valence-electron chi connectivity index (χ3n) is 3.25. The van der Waals surface area contributed by atoms with Crippen molar-refractivity contribution in [2.45, 2.75) is 20.3 Å². The zero-order valence-electron chi connectivity index (χ0n) is 13.8. The number of nitrogens with zero attached hydrogens (tertiary/aromatic N) is 2. The first-order chi connectivity index (χ1) is 11.6. The van der Waals surface area contributed by atoms with Crippen LogP contribution in [0.3, 0.4) is 0 Å². The maximum absolute atomic E-state index is 12.0. The Balaban J connectivity index is 1.90. The second-order valence-corrected chi connectivity index (χ2v) is 5.36. The van der Waals surface area contributed by atoms with Gasteiger partial charge in [-0.2, -0.15) is 0 Å². The van der Waals surface area contributed by atoms with Gasteiger partial charge in [-0.25, -0.2) is 9.97 Å². The number of carbonyl (C=O) groups is 2. The lowest BCUT2D eigenvalue weighted by Crippen LogP contribution is -2.27. The maximum Gasteiger partial charge on any atom is 0.251 e. The van der Waals surface area contributed by atoms with E-state index in [9.17, 15) is 9.59 Å². The summed E-state index contributed by atoms with van der Waals surface area (Å²) < 4.78 is 0. The average Bonchev–Trinajstić information content (AvgIpc) is 2.54. The second kappa shape index (κ2) is 8.61. The van der Waals surface area contributed by atoms with Gasteiger partial charge in [0.25, 0.3) is 5.91 Å². The van der Waals surface area contributed by atoms with Gasteiger partial charge in [0, 0.05) is 35.7 Å². The van der Waals surface area contributed by atoms with Crippen molar-refractivity contribution in [3.8, 4) is 0 Å². The molecular weight excluding hydrogens is 306 g/mol. The highest BCUT2D eigenvalue weighted by Crippen LogP contribution is 2.14.